The van der Waals surface area contributed by atoms with Crippen molar-refractivity contribution < 1.29 is 5.11 Å². The Morgan fingerprint density at radius 1 is 1.47 bits per heavy atom. The molecular formula is C11H12ClN3OS. The van der Waals surface area contributed by atoms with Gasteiger partial charge in [0.05, 0.1) is 6.04 Å². The SMILES string of the molecule is CC(c1ccc(Cl)cc1)n1c(CO)n[nH]c1=S. The first-order valence-electron chi connectivity index (χ1n) is 5.15. The van der Waals surface area contributed by atoms with Gasteiger partial charge in [-0.1, -0.05) is 23.7 Å². The van der Waals surface area contributed by atoms with Crippen LogP contribution < -0.4 is 0 Å². The zero-order valence-corrected chi connectivity index (χ0v) is 10.8. The Bertz CT molecular complexity index is 561. The monoisotopic (exact) mass is 269 g/mol. The standard InChI is InChI=1S/C11H12ClN3OS/c1-7(8-2-4-9(12)5-3-8)15-10(6-16)13-14-11(15)17/h2-5,7,16H,6H2,1H3,(H,14,17). The third-order valence-corrected chi connectivity index (χ3v) is 3.20. The number of aromatic nitrogens is 3. The Labute approximate surface area is 109 Å². The van der Waals surface area contributed by atoms with Crippen LogP contribution in [0.1, 0.15) is 24.4 Å². The lowest BCUT2D eigenvalue weighted by Gasteiger charge is -2.15. The molecule has 0 saturated carbocycles. The lowest BCUT2D eigenvalue weighted by molar-refractivity contribution is 0.263. The maximum atomic E-state index is 9.20. The van der Waals surface area contributed by atoms with E-state index in [-0.39, 0.29) is 12.6 Å². The zero-order chi connectivity index (χ0) is 12.4. The van der Waals surface area contributed by atoms with Crippen LogP contribution in [0.5, 0.6) is 0 Å². The van der Waals surface area contributed by atoms with Crippen molar-refractivity contribution in [1.29, 1.82) is 0 Å². The van der Waals surface area contributed by atoms with Gasteiger partial charge in [-0.2, -0.15) is 5.10 Å². The first-order chi connectivity index (χ1) is 8.13. The van der Waals surface area contributed by atoms with Gasteiger partial charge in [0.1, 0.15) is 6.61 Å². The molecule has 0 spiro atoms. The highest BCUT2D eigenvalue weighted by molar-refractivity contribution is 7.71. The van der Waals surface area contributed by atoms with Crippen LogP contribution in [-0.4, -0.2) is 19.9 Å². The van der Waals surface area contributed by atoms with Gasteiger partial charge in [-0.15, -0.1) is 0 Å². The summed E-state index contributed by atoms with van der Waals surface area (Å²) in [6, 6.07) is 7.53. The molecule has 0 aliphatic rings. The molecule has 6 heteroatoms. The summed E-state index contributed by atoms with van der Waals surface area (Å²) in [7, 11) is 0. The maximum Gasteiger partial charge on any atom is 0.195 e. The van der Waals surface area contributed by atoms with Gasteiger partial charge in [-0.3, -0.25) is 9.67 Å². The minimum atomic E-state index is -0.148. The summed E-state index contributed by atoms with van der Waals surface area (Å²) < 4.78 is 2.29. The van der Waals surface area contributed by atoms with E-state index < -0.39 is 0 Å². The molecule has 0 aliphatic carbocycles. The van der Waals surface area contributed by atoms with Gasteiger partial charge in [-0.25, -0.2) is 0 Å². The van der Waals surface area contributed by atoms with E-state index in [9.17, 15) is 5.11 Å². The van der Waals surface area contributed by atoms with Gasteiger partial charge in [0, 0.05) is 5.02 Å². The summed E-state index contributed by atoms with van der Waals surface area (Å²) in [4.78, 5) is 0. The number of aliphatic hydroxyl groups is 1. The summed E-state index contributed by atoms with van der Waals surface area (Å²) in [5, 5.41) is 16.5. The number of aliphatic hydroxyl groups excluding tert-OH is 1. The van der Waals surface area contributed by atoms with Crippen LogP contribution in [0.2, 0.25) is 5.02 Å². The minimum absolute atomic E-state index is 0.000617. The Morgan fingerprint density at radius 3 is 2.71 bits per heavy atom. The first-order valence-corrected chi connectivity index (χ1v) is 5.94. The molecule has 0 fully saturated rings. The van der Waals surface area contributed by atoms with Gasteiger partial charge in [0.2, 0.25) is 0 Å². The second kappa shape index (κ2) is 5.00. The highest BCUT2D eigenvalue weighted by Gasteiger charge is 2.13. The molecule has 2 rings (SSSR count). The van der Waals surface area contributed by atoms with Crippen LogP contribution in [0.15, 0.2) is 24.3 Å². The highest BCUT2D eigenvalue weighted by Crippen LogP contribution is 2.21. The van der Waals surface area contributed by atoms with Gasteiger partial charge < -0.3 is 5.11 Å². The molecule has 0 bridgehead atoms. The molecule has 1 heterocycles. The number of nitrogens with zero attached hydrogens (tertiary/aromatic N) is 2. The predicted octanol–water partition coefficient (Wildman–Crippen LogP) is 2.70. The van der Waals surface area contributed by atoms with E-state index >= 15 is 0 Å². The molecule has 4 nitrogen and oxygen atoms in total. The lowest BCUT2D eigenvalue weighted by atomic mass is 10.1. The second-order valence-electron chi connectivity index (χ2n) is 3.70. The van der Waals surface area contributed by atoms with Crippen LogP contribution in [0.3, 0.4) is 0 Å². The average molecular weight is 270 g/mol. The smallest absolute Gasteiger partial charge is 0.195 e. The molecule has 0 saturated heterocycles. The largest absolute Gasteiger partial charge is 0.388 e. The van der Waals surface area contributed by atoms with E-state index in [4.69, 9.17) is 23.8 Å². The van der Waals surface area contributed by atoms with Crippen molar-refractivity contribution >= 4 is 23.8 Å². The number of benzene rings is 1. The number of hydrogen-bond acceptors (Lipinski definition) is 3. The molecule has 1 atom stereocenters. The summed E-state index contributed by atoms with van der Waals surface area (Å²) in [5.41, 5.74) is 1.06. The zero-order valence-electron chi connectivity index (χ0n) is 9.22. The second-order valence-corrected chi connectivity index (χ2v) is 4.52. The van der Waals surface area contributed by atoms with Gasteiger partial charge in [-0.05, 0) is 36.8 Å². The third kappa shape index (κ3) is 2.41. The van der Waals surface area contributed by atoms with Crippen molar-refractivity contribution in [1.82, 2.24) is 14.8 Å². The Hall–Kier alpha value is -1.17. The third-order valence-electron chi connectivity index (χ3n) is 2.66. The molecule has 1 aromatic carbocycles. The normalized spacial score (nSPS) is 12.6. The first kappa shape index (κ1) is 12.3. The summed E-state index contributed by atoms with van der Waals surface area (Å²) >= 11 is 11.0. The molecule has 1 aromatic heterocycles. The van der Waals surface area contributed by atoms with E-state index in [1.165, 1.54) is 0 Å². The Kier molecular flexibility index (Phi) is 3.61. The minimum Gasteiger partial charge on any atom is -0.388 e. The molecule has 90 valence electrons. The number of hydrogen-bond donors (Lipinski definition) is 2. The van der Waals surface area contributed by atoms with E-state index in [2.05, 4.69) is 10.2 Å². The fourth-order valence-corrected chi connectivity index (χ4v) is 2.17. The van der Waals surface area contributed by atoms with Crippen molar-refractivity contribution in [3.63, 3.8) is 0 Å². The molecule has 0 aliphatic heterocycles. The molecular weight excluding hydrogens is 258 g/mol. The van der Waals surface area contributed by atoms with E-state index in [1.54, 1.807) is 4.57 Å². The van der Waals surface area contributed by atoms with Crippen molar-refractivity contribution in [2.45, 2.75) is 19.6 Å². The number of rotatable bonds is 3. The van der Waals surface area contributed by atoms with Crippen molar-refractivity contribution in [2.75, 3.05) is 0 Å². The molecule has 17 heavy (non-hydrogen) atoms. The topological polar surface area (TPSA) is 53.8 Å². The molecule has 2 N–H and O–H groups in total. The van der Waals surface area contributed by atoms with Gasteiger partial charge in [0.15, 0.2) is 10.6 Å². The fraction of sp³-hybridized carbons (Fsp3) is 0.273. The fourth-order valence-electron chi connectivity index (χ4n) is 1.74. The predicted molar refractivity (Wildman–Crippen MR) is 68.6 cm³/mol. The molecule has 0 radical (unpaired) electrons. The summed E-state index contributed by atoms with van der Waals surface area (Å²) in [6.45, 7) is 1.85. The van der Waals surface area contributed by atoms with E-state index in [1.807, 2.05) is 31.2 Å². The lowest BCUT2D eigenvalue weighted by Crippen LogP contribution is -2.11. The van der Waals surface area contributed by atoms with Gasteiger partial charge in [0.25, 0.3) is 0 Å². The van der Waals surface area contributed by atoms with Crippen LogP contribution in [0.25, 0.3) is 0 Å². The summed E-state index contributed by atoms with van der Waals surface area (Å²) in [5.74, 6) is 0.525. The Balaban J connectivity index is 2.43. The van der Waals surface area contributed by atoms with Gasteiger partial charge >= 0.3 is 0 Å². The number of H-pyrrole nitrogens is 1. The van der Waals surface area contributed by atoms with Crippen molar-refractivity contribution in [2.24, 2.45) is 0 Å². The number of halogens is 1. The van der Waals surface area contributed by atoms with Crippen LogP contribution in [0, 0.1) is 4.77 Å². The molecule has 2 aromatic rings. The molecule has 0 amide bonds. The number of aromatic amines is 1. The van der Waals surface area contributed by atoms with Crippen LogP contribution in [-0.2, 0) is 6.61 Å². The maximum absolute atomic E-state index is 9.20. The Morgan fingerprint density at radius 2 is 2.12 bits per heavy atom. The number of nitrogens with one attached hydrogen (secondary N) is 1. The summed E-state index contributed by atoms with van der Waals surface area (Å²) in [6.07, 6.45) is 0. The van der Waals surface area contributed by atoms with Crippen molar-refractivity contribution in [3.8, 4) is 0 Å². The average Bonchev–Trinajstić information content (AvgIpc) is 2.70. The molecule has 1 unspecified atom stereocenters. The van der Waals surface area contributed by atoms with Crippen LogP contribution in [0.4, 0.5) is 0 Å². The quantitative estimate of drug-likeness (QED) is 0.843. The highest BCUT2D eigenvalue weighted by atomic mass is 35.5. The van der Waals surface area contributed by atoms with Crippen molar-refractivity contribution in [3.05, 3.63) is 45.4 Å². The van der Waals surface area contributed by atoms with E-state index in [0.717, 1.165) is 5.56 Å². The van der Waals surface area contributed by atoms with E-state index in [0.29, 0.717) is 15.6 Å². The van der Waals surface area contributed by atoms with Crippen LogP contribution >= 0.6 is 23.8 Å².